The molecule has 0 aliphatic rings. The monoisotopic (exact) mass is 750 g/mol. The Kier molecular flexibility index (Phi) is 14.0. The van der Waals surface area contributed by atoms with Crippen LogP contribution in [0.5, 0.6) is 23.0 Å². The Labute approximate surface area is 316 Å². The molecule has 0 fully saturated rings. The highest BCUT2D eigenvalue weighted by Crippen LogP contribution is 2.30. The van der Waals surface area contributed by atoms with Gasteiger partial charge in [-0.2, -0.15) is 0 Å². The molecule has 0 saturated carbocycles. The fourth-order valence-corrected chi connectivity index (χ4v) is 4.97. The van der Waals surface area contributed by atoms with Gasteiger partial charge in [0, 0.05) is 27.2 Å². The van der Waals surface area contributed by atoms with Gasteiger partial charge in [0.25, 0.3) is 0 Å². The standard InChI is InChI=1S/C41H38N2O10S/c1-27(2)39(44)49-24-6-5-23-47-33-19-21-36(22-20-33)54-53-35-17-9-30(10-18-35)38-43-42-37(52-38)29-7-15-34(16-8-29)51-41(46)31-11-13-32(14-12-31)48-25-26-50-40(45)28(3)4/h7-22H,1,3,5-6,23-26H2,2,4H3. The first-order valence-electron chi connectivity index (χ1n) is 16.9. The Morgan fingerprint density at radius 2 is 1.07 bits per heavy atom. The van der Waals surface area contributed by atoms with Crippen molar-refractivity contribution in [1.29, 1.82) is 0 Å². The lowest BCUT2D eigenvalue weighted by Gasteiger charge is -2.08. The third-order valence-corrected chi connectivity index (χ3v) is 8.05. The summed E-state index contributed by atoms with van der Waals surface area (Å²) in [6.07, 6.45) is 1.46. The van der Waals surface area contributed by atoms with E-state index in [4.69, 9.17) is 32.3 Å². The number of nitrogens with zero attached hydrogens (tertiary/aromatic N) is 2. The van der Waals surface area contributed by atoms with E-state index in [1.807, 2.05) is 48.5 Å². The number of hydrogen-bond donors (Lipinski definition) is 0. The normalized spacial score (nSPS) is 10.6. The maximum Gasteiger partial charge on any atom is 0.343 e. The van der Waals surface area contributed by atoms with Gasteiger partial charge in [-0.15, -0.1) is 10.2 Å². The van der Waals surface area contributed by atoms with Gasteiger partial charge < -0.3 is 32.3 Å². The number of unbranched alkanes of at least 4 members (excludes halogenated alkanes) is 1. The van der Waals surface area contributed by atoms with Crippen molar-refractivity contribution in [3.63, 3.8) is 0 Å². The summed E-state index contributed by atoms with van der Waals surface area (Å²) in [7, 11) is 0. The highest BCUT2D eigenvalue weighted by molar-refractivity contribution is 7.95. The molecule has 5 rings (SSSR count). The highest BCUT2D eigenvalue weighted by atomic mass is 32.2. The molecular weight excluding hydrogens is 713 g/mol. The first-order valence-corrected chi connectivity index (χ1v) is 17.6. The van der Waals surface area contributed by atoms with Gasteiger partial charge in [0.05, 0.1) is 30.8 Å². The first kappa shape index (κ1) is 38.9. The molecule has 278 valence electrons. The lowest BCUT2D eigenvalue weighted by Crippen LogP contribution is -2.12. The number of rotatable bonds is 19. The zero-order valence-electron chi connectivity index (χ0n) is 29.8. The molecule has 0 bridgehead atoms. The zero-order valence-corrected chi connectivity index (χ0v) is 30.6. The van der Waals surface area contributed by atoms with E-state index >= 15 is 0 Å². The molecule has 54 heavy (non-hydrogen) atoms. The van der Waals surface area contributed by atoms with Crippen molar-refractivity contribution in [2.75, 3.05) is 26.4 Å². The van der Waals surface area contributed by atoms with Crippen LogP contribution in [0.3, 0.4) is 0 Å². The van der Waals surface area contributed by atoms with Crippen LogP contribution in [0.2, 0.25) is 0 Å². The van der Waals surface area contributed by atoms with Gasteiger partial charge in [0.2, 0.25) is 11.8 Å². The van der Waals surface area contributed by atoms with E-state index in [9.17, 15) is 14.4 Å². The Hall–Kier alpha value is -6.34. The van der Waals surface area contributed by atoms with Crippen LogP contribution in [0.1, 0.15) is 37.0 Å². The lowest BCUT2D eigenvalue weighted by molar-refractivity contribution is -0.140. The van der Waals surface area contributed by atoms with Gasteiger partial charge in [-0.3, -0.25) is 0 Å². The van der Waals surface area contributed by atoms with Crippen LogP contribution in [-0.2, 0) is 19.1 Å². The van der Waals surface area contributed by atoms with Gasteiger partial charge in [-0.1, -0.05) is 13.2 Å². The highest BCUT2D eigenvalue weighted by Gasteiger charge is 2.14. The number of aromatic nitrogens is 2. The number of benzene rings is 4. The largest absolute Gasteiger partial charge is 0.494 e. The summed E-state index contributed by atoms with van der Waals surface area (Å²) in [4.78, 5) is 36.4. The Morgan fingerprint density at radius 1 is 0.593 bits per heavy atom. The Balaban J connectivity index is 1.03. The summed E-state index contributed by atoms with van der Waals surface area (Å²) in [6, 6.07) is 28.0. The van der Waals surface area contributed by atoms with Gasteiger partial charge in [0.15, 0.2) is 0 Å². The minimum Gasteiger partial charge on any atom is -0.494 e. The number of carbonyl (C=O) groups is 3. The molecule has 12 nitrogen and oxygen atoms in total. The van der Waals surface area contributed by atoms with Crippen LogP contribution in [-0.4, -0.2) is 54.5 Å². The van der Waals surface area contributed by atoms with Crippen LogP contribution in [0.15, 0.2) is 131 Å². The average Bonchev–Trinajstić information content (AvgIpc) is 3.68. The van der Waals surface area contributed by atoms with Gasteiger partial charge in [0.1, 0.15) is 36.2 Å². The van der Waals surface area contributed by atoms with Crippen molar-refractivity contribution in [2.24, 2.45) is 0 Å². The van der Waals surface area contributed by atoms with E-state index in [1.54, 1.807) is 62.4 Å². The van der Waals surface area contributed by atoms with Crippen molar-refractivity contribution in [3.8, 4) is 45.9 Å². The molecule has 0 unspecified atom stereocenters. The van der Waals surface area contributed by atoms with Crippen LogP contribution in [0.25, 0.3) is 22.9 Å². The summed E-state index contributed by atoms with van der Waals surface area (Å²) < 4.78 is 38.6. The molecular formula is C41H38N2O10S. The van der Waals surface area contributed by atoms with Crippen molar-refractivity contribution < 1.29 is 46.7 Å². The molecule has 0 aliphatic heterocycles. The summed E-state index contributed by atoms with van der Waals surface area (Å²) in [5.41, 5.74) is 2.41. The third-order valence-electron chi connectivity index (χ3n) is 7.31. The zero-order chi connectivity index (χ0) is 38.3. The van der Waals surface area contributed by atoms with Gasteiger partial charge in [-0.05, 0) is 124 Å². The van der Waals surface area contributed by atoms with Gasteiger partial charge in [-0.25, -0.2) is 14.4 Å². The number of esters is 3. The molecule has 13 heteroatoms. The maximum absolute atomic E-state index is 12.7. The molecule has 1 heterocycles. The fourth-order valence-electron chi connectivity index (χ4n) is 4.42. The van der Waals surface area contributed by atoms with Crippen LogP contribution in [0, 0.1) is 0 Å². The van der Waals surface area contributed by atoms with E-state index in [0.29, 0.717) is 70.9 Å². The second kappa shape index (κ2) is 19.5. The third kappa shape index (κ3) is 11.9. The van der Waals surface area contributed by atoms with E-state index in [1.165, 1.54) is 12.0 Å². The summed E-state index contributed by atoms with van der Waals surface area (Å²) in [6.45, 7) is 11.4. The summed E-state index contributed by atoms with van der Waals surface area (Å²) in [5.74, 6) is 1.49. The molecule has 0 N–H and O–H groups in total. The van der Waals surface area contributed by atoms with E-state index in [0.717, 1.165) is 22.6 Å². The molecule has 0 saturated heterocycles. The van der Waals surface area contributed by atoms with E-state index in [-0.39, 0.29) is 19.2 Å². The topological polar surface area (TPSA) is 146 Å². The molecule has 1 aromatic heterocycles. The van der Waals surface area contributed by atoms with Crippen LogP contribution in [0.4, 0.5) is 0 Å². The van der Waals surface area contributed by atoms with Crippen LogP contribution < -0.4 is 18.4 Å². The quantitative estimate of drug-likeness (QED) is 0.0262. The second-order valence-electron chi connectivity index (χ2n) is 11.7. The molecule has 0 aliphatic carbocycles. The average molecular weight is 751 g/mol. The van der Waals surface area contributed by atoms with Crippen LogP contribution >= 0.6 is 12.0 Å². The number of ether oxygens (including phenoxy) is 5. The smallest absolute Gasteiger partial charge is 0.343 e. The first-order chi connectivity index (χ1) is 26.1. The van der Waals surface area contributed by atoms with Crippen molar-refractivity contribution in [3.05, 3.63) is 127 Å². The lowest BCUT2D eigenvalue weighted by atomic mass is 10.2. The van der Waals surface area contributed by atoms with Crippen molar-refractivity contribution in [2.45, 2.75) is 31.6 Å². The number of hydrogen-bond acceptors (Lipinski definition) is 13. The molecule has 4 aromatic carbocycles. The molecule has 0 atom stereocenters. The summed E-state index contributed by atoms with van der Waals surface area (Å²) in [5, 5.41) is 8.35. The maximum atomic E-state index is 12.7. The molecule has 0 amide bonds. The predicted molar refractivity (Wildman–Crippen MR) is 201 cm³/mol. The minimum absolute atomic E-state index is 0.0802. The Bertz CT molecular complexity index is 2040. The van der Waals surface area contributed by atoms with Crippen molar-refractivity contribution in [1.82, 2.24) is 10.2 Å². The second-order valence-corrected chi connectivity index (χ2v) is 12.6. The number of carbonyl (C=O) groups excluding carboxylic acids is 3. The SMILES string of the molecule is C=C(C)C(=O)OCCCCOc1ccc(SOc2ccc(-c3nnc(-c4ccc(OC(=O)c5ccc(OCCOC(=O)C(=C)C)cc5)cc4)o3)cc2)cc1. The van der Waals surface area contributed by atoms with E-state index in [2.05, 4.69) is 23.4 Å². The van der Waals surface area contributed by atoms with Crippen molar-refractivity contribution >= 4 is 30.0 Å². The molecule has 5 aromatic rings. The molecule has 0 spiro atoms. The van der Waals surface area contributed by atoms with E-state index < -0.39 is 11.9 Å². The molecule has 0 radical (unpaired) electrons. The predicted octanol–water partition coefficient (Wildman–Crippen LogP) is 8.49. The fraction of sp³-hybridized carbons (Fsp3) is 0.195. The Morgan fingerprint density at radius 3 is 1.65 bits per heavy atom. The summed E-state index contributed by atoms with van der Waals surface area (Å²) >= 11 is 1.22. The minimum atomic E-state index is -0.538. The van der Waals surface area contributed by atoms with Gasteiger partial charge >= 0.3 is 17.9 Å².